The maximum absolute atomic E-state index is 13.6. The summed E-state index contributed by atoms with van der Waals surface area (Å²) in [6.45, 7) is 2.64. The molecule has 0 radical (unpaired) electrons. The molecule has 0 fully saturated rings. The van der Waals surface area contributed by atoms with Crippen molar-refractivity contribution >= 4 is 21.8 Å². The third-order valence-electron chi connectivity index (χ3n) is 2.37. The van der Waals surface area contributed by atoms with Crippen LogP contribution >= 0.6 is 15.9 Å². The molecule has 0 heterocycles. The van der Waals surface area contributed by atoms with Crippen LogP contribution in [0, 0.1) is 5.82 Å². The zero-order chi connectivity index (χ0) is 13.5. The quantitative estimate of drug-likeness (QED) is 0.753. The molecule has 0 aliphatic heterocycles. The van der Waals surface area contributed by atoms with Gasteiger partial charge in [-0.05, 0) is 19.1 Å². The minimum Gasteiger partial charge on any atom is -0.370 e. The van der Waals surface area contributed by atoms with Crippen LogP contribution in [0.1, 0.15) is 18.5 Å². The Balaban J connectivity index is 2.36. The van der Waals surface area contributed by atoms with Crippen molar-refractivity contribution in [1.29, 1.82) is 0 Å². The Bertz CT molecular complexity index is 415. The molecule has 0 spiro atoms. The van der Waals surface area contributed by atoms with Gasteiger partial charge in [-0.3, -0.25) is 4.79 Å². The summed E-state index contributed by atoms with van der Waals surface area (Å²) >= 11 is 3.21. The van der Waals surface area contributed by atoms with Gasteiger partial charge in [-0.15, -0.1) is 0 Å². The molecule has 0 bridgehead atoms. The Morgan fingerprint density at radius 2 is 2.33 bits per heavy atom. The van der Waals surface area contributed by atoms with Crippen LogP contribution in [-0.2, 0) is 9.53 Å². The molecule has 3 N–H and O–H groups in total. The van der Waals surface area contributed by atoms with E-state index in [-0.39, 0.29) is 18.5 Å². The summed E-state index contributed by atoms with van der Waals surface area (Å²) in [5, 5.41) is 3.10. The van der Waals surface area contributed by atoms with Gasteiger partial charge in [-0.1, -0.05) is 22.0 Å². The fourth-order valence-electron chi connectivity index (χ4n) is 1.48. The van der Waals surface area contributed by atoms with Crippen molar-refractivity contribution in [1.82, 2.24) is 5.32 Å². The Morgan fingerprint density at radius 1 is 1.61 bits per heavy atom. The minimum atomic E-state index is -0.498. The van der Waals surface area contributed by atoms with Crippen molar-refractivity contribution in [2.75, 3.05) is 19.8 Å². The second-order valence-corrected chi connectivity index (χ2v) is 4.78. The molecule has 100 valence electrons. The van der Waals surface area contributed by atoms with E-state index in [1.54, 1.807) is 12.1 Å². The Kier molecular flexibility index (Phi) is 6.24. The maximum Gasteiger partial charge on any atom is 0.243 e. The van der Waals surface area contributed by atoms with Gasteiger partial charge in [-0.25, -0.2) is 4.39 Å². The number of halogens is 2. The van der Waals surface area contributed by atoms with Crippen molar-refractivity contribution in [3.05, 3.63) is 34.1 Å². The summed E-state index contributed by atoms with van der Waals surface area (Å²) in [4.78, 5) is 10.4. The minimum absolute atomic E-state index is 0.0945. The summed E-state index contributed by atoms with van der Waals surface area (Å²) in [7, 11) is 0. The molecule has 1 rings (SSSR count). The van der Waals surface area contributed by atoms with E-state index >= 15 is 0 Å². The van der Waals surface area contributed by atoms with Gasteiger partial charge in [0.05, 0.1) is 6.61 Å². The van der Waals surface area contributed by atoms with E-state index in [1.807, 2.05) is 6.92 Å². The molecule has 1 aromatic rings. The molecule has 0 aliphatic rings. The van der Waals surface area contributed by atoms with E-state index < -0.39 is 5.91 Å². The Hall–Kier alpha value is -0.980. The summed E-state index contributed by atoms with van der Waals surface area (Å²) in [5.74, 6) is -0.760. The fourth-order valence-corrected chi connectivity index (χ4v) is 1.82. The van der Waals surface area contributed by atoms with Crippen LogP contribution in [0.4, 0.5) is 4.39 Å². The molecule has 0 saturated heterocycles. The molecule has 6 heteroatoms. The molecule has 4 nitrogen and oxygen atoms in total. The third-order valence-corrected chi connectivity index (χ3v) is 2.86. The number of carbonyl (C=O) groups excluding carboxylic acids is 1. The van der Waals surface area contributed by atoms with Gasteiger partial charge in [0.2, 0.25) is 5.91 Å². The normalized spacial score (nSPS) is 12.4. The smallest absolute Gasteiger partial charge is 0.243 e. The summed E-state index contributed by atoms with van der Waals surface area (Å²) in [5.41, 5.74) is 5.51. The first-order chi connectivity index (χ1) is 8.50. The van der Waals surface area contributed by atoms with E-state index in [1.165, 1.54) is 6.07 Å². The van der Waals surface area contributed by atoms with Gasteiger partial charge >= 0.3 is 0 Å². The fraction of sp³-hybridized carbons (Fsp3) is 0.417. The Labute approximate surface area is 114 Å². The first-order valence-corrected chi connectivity index (χ1v) is 6.34. The number of hydrogen-bond donors (Lipinski definition) is 2. The average molecular weight is 319 g/mol. The number of ether oxygens (including phenoxy) is 1. The molecule has 0 aromatic heterocycles. The molecule has 0 aliphatic carbocycles. The summed E-state index contributed by atoms with van der Waals surface area (Å²) < 4.78 is 19.3. The number of hydrogen-bond acceptors (Lipinski definition) is 3. The Morgan fingerprint density at radius 3 is 2.94 bits per heavy atom. The van der Waals surface area contributed by atoms with Gasteiger partial charge in [0.15, 0.2) is 0 Å². The molecule has 0 saturated carbocycles. The number of primary amides is 1. The first kappa shape index (κ1) is 15.1. The van der Waals surface area contributed by atoms with E-state index in [9.17, 15) is 9.18 Å². The van der Waals surface area contributed by atoms with Crippen molar-refractivity contribution in [3.63, 3.8) is 0 Å². The van der Waals surface area contributed by atoms with Gasteiger partial charge in [0.1, 0.15) is 12.4 Å². The second kappa shape index (κ2) is 7.45. The first-order valence-electron chi connectivity index (χ1n) is 5.55. The zero-order valence-corrected chi connectivity index (χ0v) is 11.7. The van der Waals surface area contributed by atoms with E-state index in [2.05, 4.69) is 21.2 Å². The highest BCUT2D eigenvalue weighted by Gasteiger charge is 2.10. The lowest BCUT2D eigenvalue weighted by molar-refractivity contribution is -0.122. The standard InChI is InChI=1S/C12H16BrFN2O2/c1-8(16-4-5-18-7-12(15)17)10-3-2-9(13)6-11(10)14/h2-3,6,8,16H,4-5,7H2,1H3,(H2,15,17). The molecule has 1 aromatic carbocycles. The SMILES string of the molecule is CC(NCCOCC(N)=O)c1ccc(Br)cc1F. The molecule has 1 atom stereocenters. The number of rotatable bonds is 7. The molecule has 18 heavy (non-hydrogen) atoms. The lowest BCUT2D eigenvalue weighted by atomic mass is 10.1. The van der Waals surface area contributed by atoms with E-state index in [0.717, 1.165) is 0 Å². The van der Waals surface area contributed by atoms with Crippen LogP contribution in [0.2, 0.25) is 0 Å². The predicted molar refractivity (Wildman–Crippen MR) is 70.5 cm³/mol. The molecule has 1 unspecified atom stereocenters. The van der Waals surface area contributed by atoms with Crippen LogP contribution in [0.5, 0.6) is 0 Å². The van der Waals surface area contributed by atoms with E-state index in [4.69, 9.17) is 10.5 Å². The summed E-state index contributed by atoms with van der Waals surface area (Å²) in [6, 6.07) is 4.81. The van der Waals surface area contributed by atoms with Crippen molar-refractivity contribution in [2.45, 2.75) is 13.0 Å². The average Bonchev–Trinajstić information content (AvgIpc) is 2.27. The second-order valence-electron chi connectivity index (χ2n) is 3.86. The largest absolute Gasteiger partial charge is 0.370 e. The van der Waals surface area contributed by atoms with Crippen LogP contribution in [-0.4, -0.2) is 25.7 Å². The third kappa shape index (κ3) is 5.12. The molecular formula is C12H16BrFN2O2. The van der Waals surface area contributed by atoms with Crippen LogP contribution < -0.4 is 11.1 Å². The number of nitrogens with two attached hydrogens (primary N) is 1. The van der Waals surface area contributed by atoms with Crippen LogP contribution in [0.3, 0.4) is 0 Å². The number of benzene rings is 1. The highest BCUT2D eigenvalue weighted by Crippen LogP contribution is 2.20. The van der Waals surface area contributed by atoms with E-state index in [0.29, 0.717) is 23.2 Å². The highest BCUT2D eigenvalue weighted by atomic mass is 79.9. The topological polar surface area (TPSA) is 64.3 Å². The van der Waals surface area contributed by atoms with Crippen LogP contribution in [0.15, 0.2) is 22.7 Å². The van der Waals surface area contributed by atoms with Gasteiger partial charge < -0.3 is 15.8 Å². The van der Waals surface area contributed by atoms with Crippen molar-refractivity contribution in [3.8, 4) is 0 Å². The van der Waals surface area contributed by atoms with Gasteiger partial charge in [-0.2, -0.15) is 0 Å². The van der Waals surface area contributed by atoms with Gasteiger partial charge in [0.25, 0.3) is 0 Å². The number of carbonyl (C=O) groups is 1. The maximum atomic E-state index is 13.6. The lowest BCUT2D eigenvalue weighted by Gasteiger charge is -2.15. The summed E-state index contributed by atoms with van der Waals surface area (Å²) in [6.07, 6.45) is 0. The number of nitrogens with one attached hydrogen (secondary N) is 1. The van der Waals surface area contributed by atoms with Crippen molar-refractivity contribution < 1.29 is 13.9 Å². The molecule has 1 amide bonds. The zero-order valence-electron chi connectivity index (χ0n) is 10.1. The van der Waals surface area contributed by atoms with Crippen molar-refractivity contribution in [2.24, 2.45) is 5.73 Å². The monoisotopic (exact) mass is 318 g/mol. The lowest BCUT2D eigenvalue weighted by Crippen LogP contribution is -2.26. The highest BCUT2D eigenvalue weighted by molar-refractivity contribution is 9.10. The number of amides is 1. The van der Waals surface area contributed by atoms with Gasteiger partial charge in [0, 0.05) is 22.6 Å². The molecular weight excluding hydrogens is 303 g/mol. The van der Waals surface area contributed by atoms with Crippen LogP contribution in [0.25, 0.3) is 0 Å². The predicted octanol–water partition coefficient (Wildman–Crippen LogP) is 1.74.